The van der Waals surface area contributed by atoms with Gasteiger partial charge in [0.1, 0.15) is 6.04 Å². The van der Waals surface area contributed by atoms with Crippen LogP contribution in [0.4, 0.5) is 4.79 Å². The van der Waals surface area contributed by atoms with E-state index in [1.54, 1.807) is 4.90 Å². The van der Waals surface area contributed by atoms with Crippen molar-refractivity contribution in [2.75, 3.05) is 13.6 Å². The number of nitrogens with zero attached hydrogens (tertiary/aromatic N) is 2. The van der Waals surface area contributed by atoms with E-state index in [0.717, 1.165) is 25.7 Å². The molecule has 0 aromatic heterocycles. The van der Waals surface area contributed by atoms with Crippen LogP contribution < -0.4 is 0 Å². The maximum atomic E-state index is 12.5. The van der Waals surface area contributed by atoms with Gasteiger partial charge in [0, 0.05) is 19.6 Å². The molecule has 1 aliphatic heterocycles. The first-order valence-corrected chi connectivity index (χ1v) is 7.27. The summed E-state index contributed by atoms with van der Waals surface area (Å²) >= 11 is 0. The lowest BCUT2D eigenvalue weighted by atomic mass is 9.86. The van der Waals surface area contributed by atoms with E-state index >= 15 is 0 Å². The van der Waals surface area contributed by atoms with Crippen LogP contribution in [-0.2, 0) is 4.79 Å². The van der Waals surface area contributed by atoms with Crippen molar-refractivity contribution in [2.24, 2.45) is 5.92 Å². The summed E-state index contributed by atoms with van der Waals surface area (Å²) in [6.07, 6.45) is 5.84. The van der Waals surface area contributed by atoms with Crippen LogP contribution in [0.3, 0.4) is 0 Å². The Morgan fingerprint density at radius 1 is 1.21 bits per heavy atom. The maximum absolute atomic E-state index is 12.5. The predicted octanol–water partition coefficient (Wildman–Crippen LogP) is 2.17. The molecule has 1 heterocycles. The summed E-state index contributed by atoms with van der Waals surface area (Å²) < 4.78 is 0. The molecule has 1 aliphatic carbocycles. The zero-order valence-electron chi connectivity index (χ0n) is 11.8. The third-order valence-electron chi connectivity index (χ3n) is 4.54. The van der Waals surface area contributed by atoms with E-state index < -0.39 is 12.0 Å². The van der Waals surface area contributed by atoms with E-state index in [1.165, 1.54) is 11.3 Å². The van der Waals surface area contributed by atoms with Gasteiger partial charge in [-0.25, -0.2) is 9.59 Å². The number of rotatable bonds is 2. The number of hydrogen-bond acceptors (Lipinski definition) is 2. The first kappa shape index (κ1) is 14.2. The van der Waals surface area contributed by atoms with Crippen LogP contribution in [0.25, 0.3) is 0 Å². The highest BCUT2D eigenvalue weighted by Gasteiger charge is 2.37. The van der Waals surface area contributed by atoms with Crippen LogP contribution in [0.15, 0.2) is 0 Å². The molecule has 2 fully saturated rings. The number of aliphatic carboxylic acids is 1. The lowest BCUT2D eigenvalue weighted by Gasteiger charge is -2.37. The molecule has 1 saturated heterocycles. The van der Waals surface area contributed by atoms with Crippen LogP contribution in [0, 0.1) is 5.92 Å². The van der Waals surface area contributed by atoms with Gasteiger partial charge in [-0.1, -0.05) is 19.8 Å². The van der Waals surface area contributed by atoms with E-state index in [0.29, 0.717) is 18.9 Å². The van der Waals surface area contributed by atoms with Gasteiger partial charge in [-0.3, -0.25) is 0 Å². The molecule has 2 unspecified atom stereocenters. The number of urea groups is 1. The molecule has 3 atom stereocenters. The van der Waals surface area contributed by atoms with E-state index in [9.17, 15) is 9.59 Å². The topological polar surface area (TPSA) is 60.9 Å². The molecule has 0 bridgehead atoms. The van der Waals surface area contributed by atoms with Gasteiger partial charge in [-0.2, -0.15) is 0 Å². The summed E-state index contributed by atoms with van der Waals surface area (Å²) in [5.41, 5.74) is 0. The van der Waals surface area contributed by atoms with Crippen molar-refractivity contribution in [3.8, 4) is 0 Å². The molecule has 5 heteroatoms. The van der Waals surface area contributed by atoms with Crippen molar-refractivity contribution in [1.29, 1.82) is 0 Å². The summed E-state index contributed by atoms with van der Waals surface area (Å²) in [5.74, 6) is -0.223. The normalized spacial score (nSPS) is 31.3. The lowest BCUT2D eigenvalue weighted by Crippen LogP contribution is -2.50. The van der Waals surface area contributed by atoms with Crippen LogP contribution in [0.2, 0.25) is 0 Å². The van der Waals surface area contributed by atoms with Gasteiger partial charge in [0.25, 0.3) is 0 Å². The fourth-order valence-electron chi connectivity index (χ4n) is 3.37. The molecular formula is C14H24N2O3. The Labute approximate surface area is 114 Å². The molecule has 1 saturated carbocycles. The number of amides is 2. The first-order valence-electron chi connectivity index (χ1n) is 7.27. The van der Waals surface area contributed by atoms with Crippen LogP contribution in [-0.4, -0.2) is 52.6 Å². The molecule has 2 aliphatic rings. The van der Waals surface area contributed by atoms with Crippen LogP contribution in [0.1, 0.15) is 45.4 Å². The summed E-state index contributed by atoms with van der Waals surface area (Å²) in [4.78, 5) is 26.9. The fraction of sp³-hybridized carbons (Fsp3) is 0.857. The smallest absolute Gasteiger partial charge is 0.326 e. The summed E-state index contributed by atoms with van der Waals surface area (Å²) in [6.45, 7) is 2.79. The molecule has 5 nitrogen and oxygen atoms in total. The third kappa shape index (κ3) is 3.01. The number of carbonyl (C=O) groups excluding carboxylic acids is 1. The molecule has 1 N–H and O–H groups in total. The van der Waals surface area contributed by atoms with Gasteiger partial charge in [0.2, 0.25) is 0 Å². The number of hydrogen-bond donors (Lipinski definition) is 1. The van der Waals surface area contributed by atoms with Gasteiger partial charge in [-0.05, 0) is 31.6 Å². The largest absolute Gasteiger partial charge is 0.480 e. The monoisotopic (exact) mass is 268 g/mol. The Balaban J connectivity index is 2.00. The van der Waals surface area contributed by atoms with Gasteiger partial charge in [-0.15, -0.1) is 0 Å². The van der Waals surface area contributed by atoms with Crippen molar-refractivity contribution in [2.45, 2.75) is 57.5 Å². The summed E-state index contributed by atoms with van der Waals surface area (Å²) in [5, 5.41) is 9.15. The predicted molar refractivity (Wildman–Crippen MR) is 71.9 cm³/mol. The van der Waals surface area contributed by atoms with Crippen LogP contribution in [0.5, 0.6) is 0 Å². The van der Waals surface area contributed by atoms with Crippen molar-refractivity contribution < 1.29 is 14.7 Å². The van der Waals surface area contributed by atoms with Gasteiger partial charge >= 0.3 is 12.0 Å². The number of carbonyl (C=O) groups is 2. The molecule has 0 aromatic carbocycles. The quantitative estimate of drug-likeness (QED) is 0.835. The first-order chi connectivity index (χ1) is 9.00. The van der Waals surface area contributed by atoms with Crippen LogP contribution >= 0.6 is 0 Å². The minimum absolute atomic E-state index is 0.107. The van der Waals surface area contributed by atoms with E-state index in [4.69, 9.17) is 5.11 Å². The third-order valence-corrected chi connectivity index (χ3v) is 4.54. The standard InChI is InChI=1S/C14H24N2O3/c1-10-5-3-6-11(9-10)15(2)14(19)16-8-4-7-12(16)13(17)18/h10-12H,3-9H2,1-2H3,(H,17,18)/t10?,11?,12-/m1/s1. The maximum Gasteiger partial charge on any atom is 0.326 e. The Kier molecular flexibility index (Phi) is 4.32. The zero-order chi connectivity index (χ0) is 14.0. The average molecular weight is 268 g/mol. The second-order valence-corrected chi connectivity index (χ2v) is 6.01. The second-order valence-electron chi connectivity index (χ2n) is 6.01. The van der Waals surface area contributed by atoms with E-state index in [2.05, 4.69) is 6.92 Å². The molecule has 19 heavy (non-hydrogen) atoms. The molecule has 108 valence electrons. The number of carboxylic acids is 1. The fourth-order valence-corrected chi connectivity index (χ4v) is 3.37. The van der Waals surface area contributed by atoms with E-state index in [-0.39, 0.29) is 12.1 Å². The number of carboxylic acid groups (broad SMARTS) is 1. The van der Waals surface area contributed by atoms with Crippen molar-refractivity contribution >= 4 is 12.0 Å². The molecule has 2 rings (SSSR count). The SMILES string of the molecule is CC1CCCC(N(C)C(=O)N2CCC[C@@H]2C(=O)O)C1. The number of likely N-dealkylation sites (tertiary alicyclic amines) is 1. The molecule has 2 amide bonds. The van der Waals surface area contributed by atoms with Crippen molar-refractivity contribution in [3.63, 3.8) is 0 Å². The lowest BCUT2D eigenvalue weighted by molar-refractivity contribution is -0.141. The molecule has 0 spiro atoms. The van der Waals surface area contributed by atoms with Crippen molar-refractivity contribution in [1.82, 2.24) is 9.80 Å². The highest BCUT2D eigenvalue weighted by Crippen LogP contribution is 2.28. The Hall–Kier alpha value is -1.26. The minimum atomic E-state index is -0.878. The molecule has 0 radical (unpaired) electrons. The zero-order valence-corrected chi connectivity index (χ0v) is 11.8. The summed E-state index contributed by atoms with van der Waals surface area (Å²) in [7, 11) is 1.82. The van der Waals surface area contributed by atoms with Gasteiger partial charge in [0.05, 0.1) is 0 Å². The Morgan fingerprint density at radius 3 is 2.58 bits per heavy atom. The van der Waals surface area contributed by atoms with Gasteiger partial charge in [0.15, 0.2) is 0 Å². The minimum Gasteiger partial charge on any atom is -0.480 e. The van der Waals surface area contributed by atoms with Crippen molar-refractivity contribution in [3.05, 3.63) is 0 Å². The Bertz CT molecular complexity index is 359. The van der Waals surface area contributed by atoms with E-state index in [1.807, 2.05) is 7.05 Å². The Morgan fingerprint density at radius 2 is 1.95 bits per heavy atom. The molecular weight excluding hydrogens is 244 g/mol. The summed E-state index contributed by atoms with van der Waals surface area (Å²) in [6, 6.07) is -0.466. The highest BCUT2D eigenvalue weighted by atomic mass is 16.4. The molecule has 0 aromatic rings. The average Bonchev–Trinajstić information content (AvgIpc) is 2.86. The van der Waals surface area contributed by atoms with Gasteiger partial charge < -0.3 is 14.9 Å². The second kappa shape index (κ2) is 5.80. The highest BCUT2D eigenvalue weighted by molar-refractivity contribution is 5.83.